The van der Waals surface area contributed by atoms with E-state index in [0.717, 1.165) is 10.6 Å². The second-order valence-electron chi connectivity index (χ2n) is 10.3. The first-order chi connectivity index (χ1) is 19.3. The molecule has 5 rings (SSSR count). The fourth-order valence-electron chi connectivity index (χ4n) is 5.11. The molecule has 1 atom stereocenters. The van der Waals surface area contributed by atoms with Gasteiger partial charge in [-0.25, -0.2) is 21.2 Å². The Morgan fingerprint density at radius 3 is 2.37 bits per heavy atom. The summed E-state index contributed by atoms with van der Waals surface area (Å²) in [5.74, 6) is -5.24. The minimum Gasteiger partial charge on any atom is -0.298 e. The van der Waals surface area contributed by atoms with Crippen molar-refractivity contribution < 1.29 is 26.8 Å². The summed E-state index contributed by atoms with van der Waals surface area (Å²) in [6, 6.07) is 18.9. The van der Waals surface area contributed by atoms with E-state index < -0.39 is 33.6 Å². The molecule has 41 heavy (non-hydrogen) atoms. The van der Waals surface area contributed by atoms with Crippen LogP contribution in [-0.2, 0) is 32.0 Å². The van der Waals surface area contributed by atoms with Crippen molar-refractivity contribution in [2.75, 3.05) is 5.01 Å². The van der Waals surface area contributed by atoms with Gasteiger partial charge >= 0.3 is 0 Å². The molecular formula is C31H29F2N3O4S. The van der Waals surface area contributed by atoms with Gasteiger partial charge in [0.15, 0.2) is 5.78 Å². The van der Waals surface area contributed by atoms with Crippen LogP contribution >= 0.6 is 0 Å². The number of Topliss-reactive ketones (excluding diaryl/α,β-unsaturated/α-hetero) is 1. The molecule has 4 aromatic rings. The van der Waals surface area contributed by atoms with Crippen molar-refractivity contribution >= 4 is 44.0 Å². The van der Waals surface area contributed by atoms with Gasteiger partial charge in [0.2, 0.25) is 0 Å². The number of hydrogen-bond donors (Lipinski definition) is 0. The minimum atomic E-state index is -3.94. The molecule has 0 aliphatic carbocycles. The van der Waals surface area contributed by atoms with Crippen molar-refractivity contribution in [2.24, 2.45) is 11.0 Å². The van der Waals surface area contributed by atoms with E-state index in [9.17, 15) is 26.8 Å². The van der Waals surface area contributed by atoms with Gasteiger partial charge in [-0.05, 0) is 62.7 Å². The van der Waals surface area contributed by atoms with E-state index in [0.29, 0.717) is 27.8 Å². The summed E-state index contributed by atoms with van der Waals surface area (Å²) in [6.07, 6.45) is -0.577. The molecule has 0 spiro atoms. The molecule has 1 amide bonds. The molecule has 10 heteroatoms. The Labute approximate surface area is 237 Å². The summed E-state index contributed by atoms with van der Waals surface area (Å²) in [5, 5.41) is 6.09. The molecule has 1 unspecified atom stereocenters. The summed E-state index contributed by atoms with van der Waals surface area (Å²) in [4.78, 5) is 26.8. The number of alkyl halides is 2. The van der Waals surface area contributed by atoms with Crippen LogP contribution in [0.1, 0.15) is 42.7 Å². The van der Waals surface area contributed by atoms with Crippen molar-refractivity contribution in [1.82, 2.24) is 3.97 Å². The predicted molar refractivity (Wildman–Crippen MR) is 154 cm³/mol. The SMILES string of the molecule is CCC(F)(F)c1cccc(CC(=O)C2C(=O)N(c3ccc4cc(C)n(S(=O)(=O)c5ccc(C)cc5)c4c3)N=C2C)c1. The highest BCUT2D eigenvalue weighted by atomic mass is 32.2. The number of hydrazone groups is 1. The lowest BCUT2D eigenvalue weighted by Gasteiger charge is -2.16. The number of halogens is 2. The van der Waals surface area contributed by atoms with E-state index in [1.165, 1.54) is 29.1 Å². The fraction of sp³-hybridized carbons (Fsp3) is 0.258. The summed E-state index contributed by atoms with van der Waals surface area (Å²) in [5.41, 5.74) is 2.57. The number of nitrogens with zero attached hydrogens (tertiary/aromatic N) is 3. The maximum atomic E-state index is 14.2. The number of ketones is 1. The van der Waals surface area contributed by atoms with Gasteiger partial charge in [-0.1, -0.05) is 48.9 Å². The van der Waals surface area contributed by atoms with E-state index in [4.69, 9.17) is 0 Å². The van der Waals surface area contributed by atoms with Gasteiger partial charge in [-0.15, -0.1) is 0 Å². The third-order valence-corrected chi connectivity index (χ3v) is 9.18. The van der Waals surface area contributed by atoms with Crippen molar-refractivity contribution in [3.05, 3.63) is 95.2 Å². The average molecular weight is 578 g/mol. The maximum Gasteiger partial charge on any atom is 0.273 e. The highest BCUT2D eigenvalue weighted by Crippen LogP contribution is 2.34. The number of carbonyl (C=O) groups excluding carboxylic acids is 2. The van der Waals surface area contributed by atoms with E-state index in [2.05, 4.69) is 5.10 Å². The molecule has 0 saturated heterocycles. The van der Waals surface area contributed by atoms with E-state index >= 15 is 0 Å². The van der Waals surface area contributed by atoms with Crippen LogP contribution in [0.3, 0.4) is 0 Å². The van der Waals surface area contributed by atoms with Crippen LogP contribution in [-0.4, -0.2) is 29.8 Å². The van der Waals surface area contributed by atoms with E-state index in [1.807, 2.05) is 6.92 Å². The second kappa shape index (κ2) is 10.3. The van der Waals surface area contributed by atoms with Crippen LogP contribution in [0.4, 0.5) is 14.5 Å². The number of carbonyl (C=O) groups is 2. The number of aromatic nitrogens is 1. The highest BCUT2D eigenvalue weighted by Gasteiger charge is 2.40. The van der Waals surface area contributed by atoms with Gasteiger partial charge in [-0.2, -0.15) is 10.1 Å². The summed E-state index contributed by atoms with van der Waals surface area (Å²) in [7, 11) is -3.94. The maximum absolute atomic E-state index is 14.2. The first-order valence-electron chi connectivity index (χ1n) is 13.2. The molecule has 0 bridgehead atoms. The van der Waals surface area contributed by atoms with Crippen LogP contribution in [0, 0.1) is 19.8 Å². The van der Waals surface area contributed by atoms with Gasteiger partial charge in [0.05, 0.1) is 21.8 Å². The molecule has 212 valence electrons. The average Bonchev–Trinajstić information content (AvgIpc) is 3.43. The predicted octanol–water partition coefficient (Wildman–Crippen LogP) is 6.15. The number of fused-ring (bicyclic) bond motifs is 1. The highest BCUT2D eigenvalue weighted by molar-refractivity contribution is 7.90. The normalized spacial score (nSPS) is 16.0. The van der Waals surface area contributed by atoms with E-state index in [1.54, 1.807) is 68.4 Å². The molecule has 0 fully saturated rings. The first-order valence-corrected chi connectivity index (χ1v) is 14.6. The fourth-order valence-corrected chi connectivity index (χ4v) is 6.65. The Bertz CT molecular complexity index is 1830. The van der Waals surface area contributed by atoms with Crippen molar-refractivity contribution in [3.63, 3.8) is 0 Å². The zero-order chi connectivity index (χ0) is 29.7. The quantitative estimate of drug-likeness (QED) is 0.235. The third-order valence-electron chi connectivity index (χ3n) is 7.35. The second-order valence-corrected chi connectivity index (χ2v) is 12.1. The summed E-state index contributed by atoms with van der Waals surface area (Å²) in [6.45, 7) is 6.51. The molecular weight excluding hydrogens is 548 g/mol. The number of anilines is 1. The Morgan fingerprint density at radius 1 is 0.976 bits per heavy atom. The number of aryl methyl sites for hydroxylation is 2. The Hall–Kier alpha value is -4.18. The lowest BCUT2D eigenvalue weighted by atomic mass is 9.92. The Kier molecular flexibility index (Phi) is 7.15. The van der Waals surface area contributed by atoms with Crippen LogP contribution in [0.15, 0.2) is 82.8 Å². The summed E-state index contributed by atoms with van der Waals surface area (Å²) < 4.78 is 56.8. The number of benzene rings is 3. The minimum absolute atomic E-state index is 0.131. The van der Waals surface area contributed by atoms with Gasteiger partial charge in [0, 0.05) is 29.5 Å². The zero-order valence-electron chi connectivity index (χ0n) is 23.1. The number of amides is 1. The van der Waals surface area contributed by atoms with E-state index in [-0.39, 0.29) is 29.0 Å². The molecule has 2 heterocycles. The molecule has 0 saturated carbocycles. The van der Waals surface area contributed by atoms with Gasteiger partial charge < -0.3 is 0 Å². The zero-order valence-corrected chi connectivity index (χ0v) is 23.9. The molecule has 0 N–H and O–H groups in total. The Balaban J connectivity index is 1.45. The van der Waals surface area contributed by atoms with Gasteiger partial charge in [0.25, 0.3) is 21.9 Å². The van der Waals surface area contributed by atoms with Crippen LogP contribution in [0.5, 0.6) is 0 Å². The largest absolute Gasteiger partial charge is 0.298 e. The summed E-state index contributed by atoms with van der Waals surface area (Å²) >= 11 is 0. The molecule has 1 aromatic heterocycles. The molecule has 3 aromatic carbocycles. The van der Waals surface area contributed by atoms with Gasteiger partial charge in [-0.3, -0.25) is 9.59 Å². The monoisotopic (exact) mass is 577 g/mol. The smallest absolute Gasteiger partial charge is 0.273 e. The van der Waals surface area contributed by atoms with Crippen LogP contribution in [0.25, 0.3) is 10.9 Å². The number of rotatable bonds is 8. The van der Waals surface area contributed by atoms with Crippen molar-refractivity contribution in [1.29, 1.82) is 0 Å². The molecule has 0 radical (unpaired) electrons. The van der Waals surface area contributed by atoms with Crippen molar-refractivity contribution in [2.45, 2.75) is 51.4 Å². The standard InChI is InChI=1S/C31H29F2N3O4S/c1-5-31(32,33)24-8-6-7-22(16-24)17-28(37)29-21(4)34-35(30(29)38)25-12-11-23-15-20(3)36(27(23)18-25)41(39,40)26-13-9-19(2)10-14-26/h6-16,18,29H,5,17H2,1-4H3. The van der Waals surface area contributed by atoms with Crippen molar-refractivity contribution in [3.8, 4) is 0 Å². The lowest BCUT2D eigenvalue weighted by molar-refractivity contribution is -0.128. The number of hydrogen-bond acceptors (Lipinski definition) is 5. The molecule has 1 aliphatic rings. The van der Waals surface area contributed by atoms with Gasteiger partial charge in [0.1, 0.15) is 5.92 Å². The molecule has 7 nitrogen and oxygen atoms in total. The lowest BCUT2D eigenvalue weighted by Crippen LogP contribution is -2.33. The third kappa shape index (κ3) is 5.08. The van der Waals surface area contributed by atoms with Crippen LogP contribution < -0.4 is 5.01 Å². The Morgan fingerprint density at radius 2 is 1.68 bits per heavy atom. The molecule has 1 aliphatic heterocycles. The van der Waals surface area contributed by atoms with Crippen LogP contribution in [0.2, 0.25) is 0 Å². The topological polar surface area (TPSA) is 88.8 Å². The first kappa shape index (κ1) is 28.4.